The molecule has 0 fully saturated rings. The van der Waals surface area contributed by atoms with Gasteiger partial charge in [-0.1, -0.05) is 31.9 Å². The second-order valence-corrected chi connectivity index (χ2v) is 5.35. The summed E-state index contributed by atoms with van der Waals surface area (Å²) in [5, 5.41) is 2.95. The van der Waals surface area contributed by atoms with Gasteiger partial charge in [0.15, 0.2) is 0 Å². The minimum absolute atomic E-state index is 0.186. The molecule has 4 heteroatoms. The van der Waals surface area contributed by atoms with Crippen molar-refractivity contribution in [2.45, 2.75) is 39.7 Å². The zero-order valence-corrected chi connectivity index (χ0v) is 11.1. The van der Waals surface area contributed by atoms with Gasteiger partial charge in [-0.15, -0.1) is 11.3 Å². The number of hydrogen-bond donors (Lipinski definition) is 2. The first-order valence-corrected chi connectivity index (χ1v) is 6.55. The third kappa shape index (κ3) is 3.18. The van der Waals surface area contributed by atoms with Crippen LogP contribution in [0.3, 0.4) is 0 Å². The fourth-order valence-electron chi connectivity index (χ4n) is 1.50. The summed E-state index contributed by atoms with van der Waals surface area (Å²) in [6.45, 7) is 6.46. The van der Waals surface area contributed by atoms with Crippen molar-refractivity contribution in [2.75, 3.05) is 0 Å². The van der Waals surface area contributed by atoms with Gasteiger partial charge in [0.1, 0.15) is 0 Å². The highest BCUT2D eigenvalue weighted by Crippen LogP contribution is 2.35. The number of thiophene rings is 1. The molecular weight excluding hydrogens is 228 g/mol. The maximum Gasteiger partial charge on any atom is 0.0590 e. The van der Waals surface area contributed by atoms with Crippen LogP contribution in [-0.4, -0.2) is 0 Å². The summed E-state index contributed by atoms with van der Waals surface area (Å²) in [5.41, 5.74) is 4.00. The van der Waals surface area contributed by atoms with Gasteiger partial charge in [0.25, 0.3) is 0 Å². The Labute approximate surface area is 101 Å². The van der Waals surface area contributed by atoms with Gasteiger partial charge in [-0.05, 0) is 30.2 Å². The van der Waals surface area contributed by atoms with E-state index >= 15 is 0 Å². The molecule has 15 heavy (non-hydrogen) atoms. The number of aryl methyl sites for hydroxylation is 1. The molecule has 1 rings (SSSR count). The summed E-state index contributed by atoms with van der Waals surface area (Å²) < 4.78 is 0. The first-order chi connectivity index (χ1) is 7.10. The van der Waals surface area contributed by atoms with E-state index in [1.54, 1.807) is 11.3 Å². The van der Waals surface area contributed by atoms with Crippen LogP contribution in [0.25, 0.3) is 0 Å². The molecule has 86 valence electrons. The molecule has 0 aromatic carbocycles. The van der Waals surface area contributed by atoms with E-state index in [1.165, 1.54) is 6.42 Å². The third-order valence-electron chi connectivity index (χ3n) is 2.78. The number of rotatable bonds is 5. The van der Waals surface area contributed by atoms with Crippen LogP contribution in [0.5, 0.6) is 0 Å². The summed E-state index contributed by atoms with van der Waals surface area (Å²) >= 11 is 7.91. The average molecular weight is 247 g/mol. The Morgan fingerprint density at radius 3 is 2.67 bits per heavy atom. The lowest BCUT2D eigenvalue weighted by molar-refractivity contribution is 0.412. The lowest BCUT2D eigenvalue weighted by Gasteiger charge is -2.18. The normalized spacial score (nSPS) is 15.3. The van der Waals surface area contributed by atoms with Gasteiger partial charge in [0.2, 0.25) is 0 Å². The molecule has 0 bridgehead atoms. The Hall–Kier alpha value is -0.0900. The maximum absolute atomic E-state index is 6.22. The van der Waals surface area contributed by atoms with Gasteiger partial charge in [-0.2, -0.15) is 0 Å². The minimum Gasteiger partial charge on any atom is -0.271 e. The van der Waals surface area contributed by atoms with Crippen LogP contribution in [0, 0.1) is 12.8 Å². The van der Waals surface area contributed by atoms with Gasteiger partial charge in [0.05, 0.1) is 11.1 Å². The standard InChI is InChI=1S/C11H19ClN2S/c1-4-7(2)5-9(14-13)11-10(12)8(3)6-15-11/h6-7,9,14H,4-5,13H2,1-3H3. The summed E-state index contributed by atoms with van der Waals surface area (Å²) in [6.07, 6.45) is 2.20. The Balaban J connectivity index is 2.78. The first-order valence-electron chi connectivity index (χ1n) is 5.29. The highest BCUT2D eigenvalue weighted by atomic mass is 35.5. The van der Waals surface area contributed by atoms with Crippen LogP contribution in [0.1, 0.15) is 43.2 Å². The molecule has 1 aromatic heterocycles. The molecule has 0 saturated carbocycles. The van der Waals surface area contributed by atoms with Gasteiger partial charge in [-0.3, -0.25) is 11.3 Å². The van der Waals surface area contributed by atoms with Gasteiger partial charge in [-0.25, -0.2) is 0 Å². The molecule has 1 aromatic rings. The van der Waals surface area contributed by atoms with E-state index in [9.17, 15) is 0 Å². The maximum atomic E-state index is 6.22. The Morgan fingerprint density at radius 1 is 1.60 bits per heavy atom. The smallest absolute Gasteiger partial charge is 0.0590 e. The van der Waals surface area contributed by atoms with E-state index in [1.807, 2.05) is 6.92 Å². The molecule has 0 spiro atoms. The predicted octanol–water partition coefficient (Wildman–Crippen LogP) is 3.65. The topological polar surface area (TPSA) is 38.0 Å². The van der Waals surface area contributed by atoms with E-state index < -0.39 is 0 Å². The van der Waals surface area contributed by atoms with Crippen molar-refractivity contribution in [3.05, 3.63) is 20.8 Å². The fourth-order valence-corrected chi connectivity index (χ4v) is 2.90. The Kier molecular flexibility index (Phi) is 5.06. The van der Waals surface area contributed by atoms with Crippen molar-refractivity contribution in [3.8, 4) is 0 Å². The largest absolute Gasteiger partial charge is 0.271 e. The molecule has 0 amide bonds. The molecule has 0 aliphatic carbocycles. The SMILES string of the molecule is CCC(C)CC(NN)c1scc(C)c1Cl. The number of hydrogen-bond acceptors (Lipinski definition) is 3. The van der Waals surface area contributed by atoms with Gasteiger partial charge >= 0.3 is 0 Å². The van der Waals surface area contributed by atoms with Crippen molar-refractivity contribution in [3.63, 3.8) is 0 Å². The number of halogens is 1. The average Bonchev–Trinajstić information content (AvgIpc) is 2.56. The van der Waals surface area contributed by atoms with E-state index in [4.69, 9.17) is 17.4 Å². The quantitative estimate of drug-likeness (QED) is 0.615. The first kappa shape index (κ1) is 13.0. The number of hydrazine groups is 1. The monoisotopic (exact) mass is 246 g/mol. The molecule has 0 saturated heterocycles. The molecule has 0 radical (unpaired) electrons. The van der Waals surface area contributed by atoms with Crippen LogP contribution in [0.2, 0.25) is 5.02 Å². The number of nitrogens with one attached hydrogen (secondary N) is 1. The van der Waals surface area contributed by atoms with Crippen molar-refractivity contribution >= 4 is 22.9 Å². The lowest BCUT2D eigenvalue weighted by atomic mass is 9.98. The molecule has 3 N–H and O–H groups in total. The van der Waals surface area contributed by atoms with Crippen LogP contribution in [-0.2, 0) is 0 Å². The Morgan fingerprint density at radius 2 is 2.27 bits per heavy atom. The fraction of sp³-hybridized carbons (Fsp3) is 0.636. The second kappa shape index (κ2) is 5.85. The zero-order chi connectivity index (χ0) is 11.4. The second-order valence-electron chi connectivity index (χ2n) is 4.07. The van der Waals surface area contributed by atoms with E-state index in [-0.39, 0.29) is 6.04 Å². The highest BCUT2D eigenvalue weighted by Gasteiger charge is 2.18. The molecule has 2 atom stereocenters. The zero-order valence-electron chi connectivity index (χ0n) is 9.51. The van der Waals surface area contributed by atoms with Crippen molar-refractivity contribution in [1.82, 2.24) is 5.43 Å². The van der Waals surface area contributed by atoms with Crippen LogP contribution >= 0.6 is 22.9 Å². The molecule has 1 heterocycles. The Bertz CT molecular complexity index is 312. The highest BCUT2D eigenvalue weighted by molar-refractivity contribution is 7.10. The van der Waals surface area contributed by atoms with Crippen LogP contribution in [0.4, 0.5) is 0 Å². The number of nitrogens with two attached hydrogens (primary N) is 1. The summed E-state index contributed by atoms with van der Waals surface area (Å²) in [6, 6.07) is 0.186. The lowest BCUT2D eigenvalue weighted by Crippen LogP contribution is -2.28. The molecule has 2 nitrogen and oxygen atoms in total. The van der Waals surface area contributed by atoms with Gasteiger partial charge < -0.3 is 0 Å². The summed E-state index contributed by atoms with van der Waals surface area (Å²) in [5.74, 6) is 6.24. The molecule has 2 unspecified atom stereocenters. The van der Waals surface area contributed by atoms with Crippen molar-refractivity contribution in [2.24, 2.45) is 11.8 Å². The summed E-state index contributed by atoms with van der Waals surface area (Å²) in [7, 11) is 0. The predicted molar refractivity (Wildman–Crippen MR) is 68.2 cm³/mol. The minimum atomic E-state index is 0.186. The van der Waals surface area contributed by atoms with Gasteiger partial charge in [0, 0.05) is 4.88 Å². The van der Waals surface area contributed by atoms with Crippen molar-refractivity contribution in [1.29, 1.82) is 0 Å². The van der Waals surface area contributed by atoms with Crippen LogP contribution in [0.15, 0.2) is 5.38 Å². The van der Waals surface area contributed by atoms with Crippen molar-refractivity contribution < 1.29 is 0 Å². The van der Waals surface area contributed by atoms with Crippen LogP contribution < -0.4 is 11.3 Å². The third-order valence-corrected chi connectivity index (χ3v) is 4.61. The molecule has 0 aliphatic heterocycles. The molecule has 0 aliphatic rings. The summed E-state index contributed by atoms with van der Waals surface area (Å²) in [4.78, 5) is 1.16. The molecular formula is C11H19ClN2S. The van der Waals surface area contributed by atoms with E-state index in [0.29, 0.717) is 5.92 Å². The van der Waals surface area contributed by atoms with E-state index in [0.717, 1.165) is 21.9 Å². The van der Waals surface area contributed by atoms with E-state index in [2.05, 4.69) is 24.7 Å².